The van der Waals surface area contributed by atoms with Gasteiger partial charge < -0.3 is 25.0 Å². The first-order chi connectivity index (χ1) is 26.5. The normalized spacial score (nSPS) is 28.3. The minimum atomic E-state index is -3.89. The summed E-state index contributed by atoms with van der Waals surface area (Å²) in [7, 11) is -2.15. The van der Waals surface area contributed by atoms with Gasteiger partial charge in [0.15, 0.2) is 5.65 Å². The molecule has 1 saturated heterocycles. The highest BCUT2D eigenvalue weighted by atomic mass is 32.2. The van der Waals surface area contributed by atoms with Crippen LogP contribution in [0.5, 0.6) is 5.88 Å². The largest absolute Gasteiger partial charge is 0.471 e. The minimum Gasteiger partial charge on any atom is -0.471 e. The van der Waals surface area contributed by atoms with E-state index in [1.54, 1.807) is 17.9 Å². The molecular formula is C37H46N8O8S2. The lowest BCUT2D eigenvalue weighted by Gasteiger charge is -2.30. The van der Waals surface area contributed by atoms with E-state index in [-0.39, 0.29) is 31.4 Å². The molecule has 0 bridgehead atoms. The molecule has 4 amide bonds. The fraction of sp³-hybridized carbons (Fsp3) is 0.595. The molecule has 3 aromatic rings. The Morgan fingerprint density at radius 2 is 1.84 bits per heavy atom. The molecule has 5 atom stereocenters. The van der Waals surface area contributed by atoms with Crippen molar-refractivity contribution in [3.8, 4) is 16.5 Å². The Labute approximate surface area is 322 Å². The van der Waals surface area contributed by atoms with E-state index < -0.39 is 68.7 Å². The Kier molecular flexibility index (Phi) is 10.3. The summed E-state index contributed by atoms with van der Waals surface area (Å²) in [6.45, 7) is -0.0274. The number of rotatable bonds is 8. The van der Waals surface area contributed by atoms with Crippen molar-refractivity contribution in [3.63, 3.8) is 0 Å². The van der Waals surface area contributed by atoms with Gasteiger partial charge >= 0.3 is 6.09 Å². The molecular weight excluding hydrogens is 749 g/mol. The van der Waals surface area contributed by atoms with Crippen molar-refractivity contribution >= 4 is 56.3 Å². The van der Waals surface area contributed by atoms with Crippen molar-refractivity contribution in [3.05, 3.63) is 35.9 Å². The smallest absolute Gasteiger partial charge is 0.408 e. The molecule has 18 heteroatoms. The zero-order valence-electron chi connectivity index (χ0n) is 30.6. The number of alkyl carbamates (subject to hydrolysis) is 1. The molecule has 294 valence electrons. The van der Waals surface area contributed by atoms with Crippen LogP contribution >= 0.6 is 11.3 Å². The van der Waals surface area contributed by atoms with E-state index in [2.05, 4.69) is 20.5 Å². The number of nitrogens with zero attached hydrogens (tertiary/aromatic N) is 5. The molecule has 0 spiro atoms. The fourth-order valence-electron chi connectivity index (χ4n) is 7.94. The van der Waals surface area contributed by atoms with Gasteiger partial charge in [0, 0.05) is 19.4 Å². The van der Waals surface area contributed by atoms with Gasteiger partial charge in [-0.3, -0.25) is 19.1 Å². The quantitative estimate of drug-likeness (QED) is 0.282. The molecule has 16 nitrogen and oxygen atoms in total. The summed E-state index contributed by atoms with van der Waals surface area (Å²) in [5.41, 5.74) is 0.0497. The van der Waals surface area contributed by atoms with Gasteiger partial charge in [0.2, 0.25) is 27.7 Å². The summed E-state index contributed by atoms with van der Waals surface area (Å²) in [4.78, 5) is 67.8. The average molecular weight is 795 g/mol. The number of allylic oxidation sites excluding steroid dienone is 1. The fourth-order valence-corrected chi connectivity index (χ4v) is 10.0. The van der Waals surface area contributed by atoms with Crippen LogP contribution in [0.3, 0.4) is 0 Å². The van der Waals surface area contributed by atoms with Gasteiger partial charge in [-0.25, -0.2) is 22.9 Å². The van der Waals surface area contributed by atoms with Crippen LogP contribution in [-0.2, 0) is 36.2 Å². The van der Waals surface area contributed by atoms with Gasteiger partial charge in [-0.2, -0.15) is 10.1 Å². The lowest BCUT2D eigenvalue weighted by atomic mass is 10.0. The van der Waals surface area contributed by atoms with Gasteiger partial charge in [-0.15, -0.1) is 11.3 Å². The number of carbonyl (C=O) groups excluding carboxylic acids is 4. The third-order valence-electron chi connectivity index (χ3n) is 11.3. The SMILES string of the molecule is Cn1ncc2nc(-c3cccs3)c(O[C@@H]3C[C@H]4C(=O)N[C@]5(C(=O)NS(=O)(=O)C6CC6)CC5/C=C\CCCCC[C@@H](NC(=O)OC5CCCC5)C(=O)N4C3)nc21. The van der Waals surface area contributed by atoms with E-state index >= 15 is 0 Å². The van der Waals surface area contributed by atoms with Gasteiger partial charge in [-0.1, -0.05) is 31.1 Å². The summed E-state index contributed by atoms with van der Waals surface area (Å²) in [5.74, 6) is -2.10. The number of hydrogen-bond acceptors (Lipinski definition) is 12. The zero-order chi connectivity index (χ0) is 38.3. The van der Waals surface area contributed by atoms with Crippen LogP contribution in [-0.4, -0.2) is 98.5 Å². The van der Waals surface area contributed by atoms with Crippen molar-refractivity contribution in [1.82, 2.24) is 40.0 Å². The lowest BCUT2D eigenvalue weighted by Crippen LogP contribution is -2.58. The van der Waals surface area contributed by atoms with Crippen LogP contribution in [0.1, 0.15) is 83.5 Å². The van der Waals surface area contributed by atoms with Crippen molar-refractivity contribution in [2.24, 2.45) is 13.0 Å². The van der Waals surface area contributed by atoms with Gasteiger partial charge in [0.25, 0.3) is 5.91 Å². The Bertz CT molecular complexity index is 2100. The number of sulfonamides is 1. The molecule has 3 aliphatic carbocycles. The maximum Gasteiger partial charge on any atom is 0.408 e. The van der Waals surface area contributed by atoms with Crippen LogP contribution < -0.4 is 20.1 Å². The highest BCUT2D eigenvalue weighted by molar-refractivity contribution is 7.91. The van der Waals surface area contributed by atoms with Crippen molar-refractivity contribution < 1.29 is 37.1 Å². The molecule has 8 rings (SSSR count). The van der Waals surface area contributed by atoms with E-state index in [0.29, 0.717) is 49.0 Å². The van der Waals surface area contributed by atoms with Gasteiger partial charge in [-0.05, 0) is 75.7 Å². The van der Waals surface area contributed by atoms with E-state index in [9.17, 15) is 27.6 Å². The predicted octanol–water partition coefficient (Wildman–Crippen LogP) is 3.48. The molecule has 3 aromatic heterocycles. The summed E-state index contributed by atoms with van der Waals surface area (Å²) >= 11 is 1.46. The molecule has 3 saturated carbocycles. The number of amides is 4. The third-order valence-corrected chi connectivity index (χ3v) is 14.0. The van der Waals surface area contributed by atoms with Gasteiger partial charge in [0.1, 0.15) is 41.0 Å². The van der Waals surface area contributed by atoms with Crippen molar-refractivity contribution in [1.29, 1.82) is 0 Å². The van der Waals surface area contributed by atoms with Crippen LogP contribution in [0.25, 0.3) is 21.7 Å². The second-order valence-corrected chi connectivity index (χ2v) is 18.2. The highest BCUT2D eigenvalue weighted by Gasteiger charge is 2.62. The molecule has 4 fully saturated rings. The zero-order valence-corrected chi connectivity index (χ0v) is 32.3. The first kappa shape index (κ1) is 37.3. The number of carbonyl (C=O) groups is 4. The lowest BCUT2D eigenvalue weighted by molar-refractivity contribution is -0.141. The monoisotopic (exact) mass is 794 g/mol. The molecule has 2 aliphatic heterocycles. The Balaban J connectivity index is 1.10. The molecule has 5 aliphatic rings. The molecule has 1 unspecified atom stereocenters. The molecule has 0 aromatic carbocycles. The Morgan fingerprint density at radius 1 is 1.04 bits per heavy atom. The number of nitrogens with one attached hydrogen (secondary N) is 3. The minimum absolute atomic E-state index is 0.0274. The maximum absolute atomic E-state index is 14.6. The topological polar surface area (TPSA) is 204 Å². The van der Waals surface area contributed by atoms with Crippen LogP contribution in [0.2, 0.25) is 0 Å². The summed E-state index contributed by atoms with van der Waals surface area (Å²) in [6.07, 6.45) is 11.7. The molecule has 55 heavy (non-hydrogen) atoms. The third kappa shape index (κ3) is 7.92. The average Bonchev–Trinajstić information content (AvgIpc) is 3.78. The number of thiophene rings is 1. The second-order valence-electron chi connectivity index (χ2n) is 15.3. The molecule has 3 N–H and O–H groups in total. The van der Waals surface area contributed by atoms with Crippen molar-refractivity contribution in [2.45, 2.75) is 119 Å². The highest BCUT2D eigenvalue weighted by Crippen LogP contribution is 2.46. The number of fused-ring (bicyclic) bond motifs is 3. The first-order valence-corrected chi connectivity index (χ1v) is 21.7. The Hall–Kier alpha value is -4.58. The second kappa shape index (κ2) is 15.2. The van der Waals surface area contributed by atoms with Crippen LogP contribution in [0, 0.1) is 5.92 Å². The van der Waals surface area contributed by atoms with Crippen molar-refractivity contribution in [2.75, 3.05) is 6.54 Å². The molecule has 0 radical (unpaired) electrons. The molecule has 5 heterocycles. The summed E-state index contributed by atoms with van der Waals surface area (Å²) in [5, 5.41) is 11.3. The number of aryl methyl sites for hydroxylation is 1. The summed E-state index contributed by atoms with van der Waals surface area (Å²) in [6, 6.07) is 1.69. The first-order valence-electron chi connectivity index (χ1n) is 19.2. The van der Waals surface area contributed by atoms with E-state index in [1.807, 2.05) is 29.7 Å². The number of aromatic nitrogens is 4. The van der Waals surface area contributed by atoms with E-state index in [1.165, 1.54) is 16.2 Å². The standard InChI is InChI=1S/C37H46N8O8S2/c1-44-31-27(20-38-44)39-30(29-14-9-17-54-29)33(41-31)52-24-18-28-32(46)42-37(35(48)43-55(50,51)25-15-16-25)19-22(37)10-5-3-2-4-6-13-26(34(47)45(28)21-24)40-36(49)53-23-11-7-8-12-23/h5,9-10,14,17,20,22-26,28H,2-4,6-8,11-13,15-16,18-19,21H2,1H3,(H,40,49)(H,42,46)(H,43,48)/b10-5-/t22?,24-,26-,28+,37-/m1/s1. The number of ether oxygens (including phenoxy) is 2. The Morgan fingerprint density at radius 3 is 2.60 bits per heavy atom. The van der Waals surface area contributed by atoms with E-state index in [4.69, 9.17) is 19.4 Å². The van der Waals surface area contributed by atoms with Crippen LogP contribution in [0.4, 0.5) is 4.79 Å². The predicted molar refractivity (Wildman–Crippen MR) is 201 cm³/mol. The maximum atomic E-state index is 14.6. The number of hydrogen-bond donors (Lipinski definition) is 3. The van der Waals surface area contributed by atoms with Crippen LogP contribution in [0.15, 0.2) is 35.9 Å². The van der Waals surface area contributed by atoms with E-state index in [0.717, 1.165) is 43.4 Å². The van der Waals surface area contributed by atoms with Gasteiger partial charge in [0.05, 0.1) is 22.9 Å². The summed E-state index contributed by atoms with van der Waals surface area (Å²) < 4.78 is 41.8.